The molecule has 0 amide bonds. The van der Waals surface area contributed by atoms with Crippen LogP contribution >= 0.6 is 0 Å². The van der Waals surface area contributed by atoms with Gasteiger partial charge in [0.05, 0.1) is 6.07 Å². The molecule has 0 unspecified atom stereocenters. The summed E-state index contributed by atoms with van der Waals surface area (Å²) in [4.78, 5) is 0. The fourth-order valence-corrected chi connectivity index (χ4v) is 1.03. The van der Waals surface area contributed by atoms with Crippen LogP contribution in [0.4, 0.5) is 0 Å². The number of hydrogen-bond donors (Lipinski definition) is 1. The first-order chi connectivity index (χ1) is 5.70. The van der Waals surface area contributed by atoms with Gasteiger partial charge in [-0.05, 0) is 25.8 Å². The molecule has 0 aliphatic carbocycles. The molecule has 0 fully saturated rings. The molecule has 0 aromatic heterocycles. The molecule has 68 valence electrons. The van der Waals surface area contributed by atoms with Crippen LogP contribution in [-0.2, 0) is 0 Å². The molecule has 12 heavy (non-hydrogen) atoms. The van der Waals surface area contributed by atoms with E-state index in [4.69, 9.17) is 5.26 Å². The summed E-state index contributed by atoms with van der Waals surface area (Å²) in [5.41, 5.74) is 0.806. The van der Waals surface area contributed by atoms with Gasteiger partial charge in [-0.2, -0.15) is 5.26 Å². The van der Waals surface area contributed by atoms with E-state index < -0.39 is 0 Å². The van der Waals surface area contributed by atoms with Gasteiger partial charge in [-0.15, -0.1) is 0 Å². The fourth-order valence-electron chi connectivity index (χ4n) is 1.03. The van der Waals surface area contributed by atoms with E-state index in [-0.39, 0.29) is 0 Å². The van der Waals surface area contributed by atoms with Crippen LogP contribution in [0, 0.1) is 17.2 Å². The van der Waals surface area contributed by atoms with Crippen LogP contribution in [0.5, 0.6) is 0 Å². The molecule has 0 aliphatic heterocycles. The average molecular weight is 166 g/mol. The Morgan fingerprint density at radius 1 is 1.67 bits per heavy atom. The largest absolute Gasteiger partial charge is 0.316 e. The van der Waals surface area contributed by atoms with E-state index in [1.54, 1.807) is 0 Å². The Kier molecular flexibility index (Phi) is 6.41. The third-order valence-corrected chi connectivity index (χ3v) is 1.60. The molecule has 0 saturated heterocycles. The average Bonchev–Trinajstić information content (AvgIpc) is 2.05. The summed E-state index contributed by atoms with van der Waals surface area (Å²) in [6, 6.07) is 2.12. The van der Waals surface area contributed by atoms with Crippen LogP contribution in [0.1, 0.15) is 27.2 Å². The van der Waals surface area contributed by atoms with Crippen molar-refractivity contribution in [1.82, 2.24) is 5.32 Å². The van der Waals surface area contributed by atoms with Crippen LogP contribution in [0.25, 0.3) is 0 Å². The summed E-state index contributed by atoms with van der Waals surface area (Å²) in [6.45, 7) is 8.13. The molecule has 0 rings (SSSR count). The lowest BCUT2D eigenvalue weighted by atomic mass is 10.1. The summed E-state index contributed by atoms with van der Waals surface area (Å²) < 4.78 is 0. The number of nitrogens with one attached hydrogen (secondary N) is 1. The van der Waals surface area contributed by atoms with Crippen molar-refractivity contribution < 1.29 is 0 Å². The zero-order chi connectivity index (χ0) is 9.40. The van der Waals surface area contributed by atoms with Gasteiger partial charge in [0.2, 0.25) is 0 Å². The van der Waals surface area contributed by atoms with Gasteiger partial charge >= 0.3 is 0 Å². The van der Waals surface area contributed by atoms with Crippen LogP contribution in [0.15, 0.2) is 11.6 Å². The quantitative estimate of drug-likeness (QED) is 0.501. The Morgan fingerprint density at radius 3 is 2.83 bits per heavy atom. The lowest BCUT2D eigenvalue weighted by molar-refractivity contribution is 0.588. The summed E-state index contributed by atoms with van der Waals surface area (Å²) in [6.07, 6.45) is 3.16. The molecule has 0 aliphatic rings. The topological polar surface area (TPSA) is 35.8 Å². The third kappa shape index (κ3) is 5.94. The highest BCUT2D eigenvalue weighted by Gasteiger charge is 1.96. The van der Waals surface area contributed by atoms with Gasteiger partial charge in [0, 0.05) is 12.1 Å². The molecule has 0 saturated carbocycles. The van der Waals surface area contributed by atoms with Crippen molar-refractivity contribution in [3.8, 4) is 6.07 Å². The van der Waals surface area contributed by atoms with Gasteiger partial charge in [0.25, 0.3) is 0 Å². The van der Waals surface area contributed by atoms with E-state index in [0.29, 0.717) is 5.92 Å². The molecule has 2 heteroatoms. The maximum atomic E-state index is 8.52. The van der Waals surface area contributed by atoms with Crippen molar-refractivity contribution in [3.63, 3.8) is 0 Å². The number of hydrogen-bond acceptors (Lipinski definition) is 2. The number of allylic oxidation sites excluding steroid dienone is 1. The molecule has 0 spiro atoms. The van der Waals surface area contributed by atoms with Gasteiger partial charge in [0.1, 0.15) is 0 Å². The second kappa shape index (κ2) is 6.87. The Balaban J connectivity index is 3.60. The van der Waals surface area contributed by atoms with Crippen molar-refractivity contribution in [2.45, 2.75) is 27.2 Å². The zero-order valence-electron chi connectivity index (χ0n) is 8.22. The maximum Gasteiger partial charge on any atom is 0.0940 e. The highest BCUT2D eigenvalue weighted by atomic mass is 14.8. The molecular weight excluding hydrogens is 148 g/mol. The predicted molar refractivity (Wildman–Crippen MR) is 51.7 cm³/mol. The van der Waals surface area contributed by atoms with Crippen molar-refractivity contribution in [2.75, 3.05) is 13.1 Å². The maximum absolute atomic E-state index is 8.52. The standard InChI is InChI=1S/C10H18N2/c1-4-5-12-8-10(3)6-9(2)7-11/h6,10,12H,4-5,8H2,1-3H3/b9-6+/t10-/m1/s1. The first-order valence-electron chi connectivity index (χ1n) is 4.50. The normalized spacial score (nSPS) is 14.0. The number of rotatable bonds is 5. The third-order valence-electron chi connectivity index (χ3n) is 1.60. The Hall–Kier alpha value is -0.810. The van der Waals surface area contributed by atoms with Gasteiger partial charge in [-0.1, -0.05) is 19.9 Å². The molecule has 0 aromatic rings. The van der Waals surface area contributed by atoms with E-state index in [1.807, 2.05) is 13.0 Å². The summed E-state index contributed by atoms with van der Waals surface area (Å²) in [5.74, 6) is 0.455. The lowest BCUT2D eigenvalue weighted by Gasteiger charge is -2.06. The molecule has 1 atom stereocenters. The van der Waals surface area contributed by atoms with Crippen LogP contribution in [0.3, 0.4) is 0 Å². The second-order valence-electron chi connectivity index (χ2n) is 3.14. The highest BCUT2D eigenvalue weighted by Crippen LogP contribution is 2.00. The van der Waals surface area contributed by atoms with Crippen molar-refractivity contribution >= 4 is 0 Å². The van der Waals surface area contributed by atoms with E-state index >= 15 is 0 Å². The fraction of sp³-hybridized carbons (Fsp3) is 0.700. The predicted octanol–water partition coefficient (Wildman–Crippen LogP) is 2.09. The lowest BCUT2D eigenvalue weighted by Crippen LogP contribution is -2.20. The minimum Gasteiger partial charge on any atom is -0.316 e. The van der Waals surface area contributed by atoms with Gasteiger partial charge in [-0.3, -0.25) is 0 Å². The molecular formula is C10H18N2. The van der Waals surface area contributed by atoms with E-state index in [2.05, 4.69) is 25.2 Å². The first kappa shape index (κ1) is 11.2. The summed E-state index contributed by atoms with van der Waals surface area (Å²) >= 11 is 0. The Labute approximate surface area is 75.3 Å². The minimum absolute atomic E-state index is 0.455. The van der Waals surface area contributed by atoms with Crippen molar-refractivity contribution in [2.24, 2.45) is 5.92 Å². The number of nitriles is 1. The van der Waals surface area contributed by atoms with Crippen LogP contribution in [0.2, 0.25) is 0 Å². The molecule has 1 N–H and O–H groups in total. The van der Waals surface area contributed by atoms with E-state index in [9.17, 15) is 0 Å². The molecule has 0 heterocycles. The minimum atomic E-state index is 0.455. The molecule has 0 bridgehead atoms. The summed E-state index contributed by atoms with van der Waals surface area (Å²) in [7, 11) is 0. The Morgan fingerprint density at radius 2 is 2.33 bits per heavy atom. The first-order valence-corrected chi connectivity index (χ1v) is 4.50. The number of nitrogens with zero attached hydrogens (tertiary/aromatic N) is 1. The van der Waals surface area contributed by atoms with Crippen molar-refractivity contribution in [3.05, 3.63) is 11.6 Å². The van der Waals surface area contributed by atoms with Crippen molar-refractivity contribution in [1.29, 1.82) is 5.26 Å². The van der Waals surface area contributed by atoms with Crippen LogP contribution in [-0.4, -0.2) is 13.1 Å². The van der Waals surface area contributed by atoms with E-state index in [1.165, 1.54) is 0 Å². The second-order valence-corrected chi connectivity index (χ2v) is 3.14. The molecule has 2 nitrogen and oxygen atoms in total. The molecule has 0 radical (unpaired) electrons. The zero-order valence-corrected chi connectivity index (χ0v) is 8.22. The monoisotopic (exact) mass is 166 g/mol. The Bertz CT molecular complexity index is 177. The SMILES string of the molecule is CCCNC[C@H](C)/C=C(\C)C#N. The highest BCUT2D eigenvalue weighted by molar-refractivity contribution is 5.18. The van der Waals surface area contributed by atoms with Gasteiger partial charge in [-0.25, -0.2) is 0 Å². The smallest absolute Gasteiger partial charge is 0.0940 e. The summed E-state index contributed by atoms with van der Waals surface area (Å²) in [5, 5.41) is 11.8. The van der Waals surface area contributed by atoms with Gasteiger partial charge < -0.3 is 5.32 Å². The van der Waals surface area contributed by atoms with Gasteiger partial charge in [0.15, 0.2) is 0 Å². The van der Waals surface area contributed by atoms with E-state index in [0.717, 1.165) is 25.1 Å². The molecule has 0 aromatic carbocycles. The van der Waals surface area contributed by atoms with Crippen LogP contribution < -0.4 is 5.32 Å².